The maximum atomic E-state index is 13.2. The van der Waals surface area contributed by atoms with Crippen molar-refractivity contribution in [3.05, 3.63) is 54.1 Å². The molecule has 8 nitrogen and oxygen atoms in total. The predicted octanol–water partition coefficient (Wildman–Crippen LogP) is 3.07. The van der Waals surface area contributed by atoms with Gasteiger partial charge in [0.25, 0.3) is 0 Å². The van der Waals surface area contributed by atoms with Crippen molar-refractivity contribution in [2.75, 3.05) is 51.1 Å². The van der Waals surface area contributed by atoms with Gasteiger partial charge in [-0.25, -0.2) is 4.79 Å². The van der Waals surface area contributed by atoms with Crippen LogP contribution in [0.3, 0.4) is 0 Å². The van der Waals surface area contributed by atoms with Gasteiger partial charge in [0.2, 0.25) is 5.91 Å². The number of urea groups is 1. The summed E-state index contributed by atoms with van der Waals surface area (Å²) < 4.78 is 6.46. The fraction of sp³-hybridized carbons (Fsp3) is 0.462. The van der Waals surface area contributed by atoms with E-state index < -0.39 is 0 Å². The van der Waals surface area contributed by atoms with E-state index in [0.717, 1.165) is 16.9 Å². The fourth-order valence-corrected chi connectivity index (χ4v) is 4.01. The molecule has 3 rings (SSSR count). The van der Waals surface area contributed by atoms with Crippen LogP contribution in [0.15, 0.2) is 48.5 Å². The number of fused-ring (bicyclic) bond motifs is 1. The zero-order valence-corrected chi connectivity index (χ0v) is 20.7. The molecule has 2 N–H and O–H groups in total. The van der Waals surface area contributed by atoms with E-state index in [2.05, 4.69) is 5.32 Å². The van der Waals surface area contributed by atoms with Crippen molar-refractivity contribution in [2.45, 2.75) is 32.4 Å². The van der Waals surface area contributed by atoms with E-state index in [9.17, 15) is 14.7 Å². The molecule has 0 spiro atoms. The predicted molar refractivity (Wildman–Crippen MR) is 134 cm³/mol. The molecule has 0 fully saturated rings. The van der Waals surface area contributed by atoms with Gasteiger partial charge < -0.3 is 29.9 Å². The number of para-hydroxylation sites is 1. The van der Waals surface area contributed by atoms with Gasteiger partial charge in [0, 0.05) is 50.5 Å². The maximum absolute atomic E-state index is 13.2. The maximum Gasteiger partial charge on any atom is 0.321 e. The molecule has 34 heavy (non-hydrogen) atoms. The Morgan fingerprint density at radius 1 is 1.21 bits per heavy atom. The first kappa shape index (κ1) is 25.4. The number of likely N-dealkylation sites (N-methyl/N-ethyl adjacent to an activating group) is 1. The Bertz CT molecular complexity index is 982. The number of carbonyl (C=O) groups excluding carboxylic acids is 2. The van der Waals surface area contributed by atoms with Crippen LogP contribution in [0, 0.1) is 5.92 Å². The lowest BCUT2D eigenvalue weighted by Crippen LogP contribution is -2.48. The number of anilines is 2. The Morgan fingerprint density at radius 3 is 2.56 bits per heavy atom. The van der Waals surface area contributed by atoms with Crippen LogP contribution in [-0.4, -0.2) is 79.8 Å². The first-order chi connectivity index (χ1) is 16.2. The fourth-order valence-electron chi connectivity index (χ4n) is 4.01. The molecule has 184 valence electrons. The third kappa shape index (κ3) is 6.20. The van der Waals surface area contributed by atoms with Gasteiger partial charge in [0.15, 0.2) is 0 Å². The molecule has 2 aromatic rings. The number of carbonyl (C=O) groups is 2. The Hall–Kier alpha value is -3.26. The van der Waals surface area contributed by atoms with Crippen molar-refractivity contribution in [3.63, 3.8) is 0 Å². The molecule has 0 saturated heterocycles. The van der Waals surface area contributed by atoms with Crippen molar-refractivity contribution in [1.82, 2.24) is 9.80 Å². The lowest BCUT2D eigenvalue weighted by Gasteiger charge is -2.34. The van der Waals surface area contributed by atoms with Gasteiger partial charge in [-0.3, -0.25) is 4.79 Å². The molecule has 0 radical (unpaired) electrons. The smallest absolute Gasteiger partial charge is 0.321 e. The van der Waals surface area contributed by atoms with E-state index in [0.29, 0.717) is 18.8 Å². The van der Waals surface area contributed by atoms with E-state index in [1.807, 2.05) is 81.4 Å². The Morgan fingerprint density at radius 2 is 1.91 bits per heavy atom. The zero-order valence-electron chi connectivity index (χ0n) is 20.7. The number of hydrogen-bond donors (Lipinski definition) is 2. The Kier molecular flexibility index (Phi) is 8.39. The minimum Gasteiger partial charge on any atom is -0.488 e. The van der Waals surface area contributed by atoms with Crippen LogP contribution in [0.25, 0.3) is 0 Å². The quantitative estimate of drug-likeness (QED) is 0.681. The number of nitrogens with zero attached hydrogens (tertiary/aromatic N) is 3. The van der Waals surface area contributed by atoms with Crippen molar-refractivity contribution >= 4 is 23.3 Å². The molecule has 3 atom stereocenters. The molecule has 0 saturated carbocycles. The average Bonchev–Trinajstić information content (AvgIpc) is 2.86. The number of rotatable bonds is 6. The van der Waals surface area contributed by atoms with Crippen molar-refractivity contribution in [2.24, 2.45) is 5.92 Å². The highest BCUT2D eigenvalue weighted by Crippen LogP contribution is 2.30. The molecule has 0 unspecified atom stereocenters. The monoisotopic (exact) mass is 468 g/mol. The number of aliphatic hydroxyl groups excluding tert-OH is 1. The molecule has 0 aliphatic carbocycles. The molecule has 1 aliphatic rings. The zero-order chi connectivity index (χ0) is 24.8. The molecule has 2 aromatic carbocycles. The molecular weight excluding hydrogens is 432 g/mol. The summed E-state index contributed by atoms with van der Waals surface area (Å²) >= 11 is 0. The summed E-state index contributed by atoms with van der Waals surface area (Å²) in [6.07, 6.45) is -0.166. The summed E-state index contributed by atoms with van der Waals surface area (Å²) in [4.78, 5) is 31.3. The second-order valence-electron chi connectivity index (χ2n) is 9.25. The molecule has 0 bridgehead atoms. The van der Waals surface area contributed by atoms with E-state index in [1.165, 1.54) is 0 Å². The molecular formula is C26H36N4O4. The van der Waals surface area contributed by atoms with Gasteiger partial charge >= 0.3 is 6.03 Å². The molecule has 0 aromatic heterocycles. The minimum atomic E-state index is -0.352. The number of amides is 3. The van der Waals surface area contributed by atoms with Gasteiger partial charge in [-0.2, -0.15) is 0 Å². The number of hydrogen-bond acceptors (Lipinski definition) is 5. The molecule has 8 heteroatoms. The average molecular weight is 469 g/mol. The first-order valence-electron chi connectivity index (χ1n) is 11.6. The van der Waals surface area contributed by atoms with Crippen LogP contribution in [0.4, 0.5) is 16.2 Å². The van der Waals surface area contributed by atoms with E-state index in [-0.39, 0.29) is 43.0 Å². The lowest BCUT2D eigenvalue weighted by molar-refractivity contribution is -0.134. The minimum absolute atomic E-state index is 0.0509. The van der Waals surface area contributed by atoms with Gasteiger partial charge in [-0.05, 0) is 37.3 Å². The van der Waals surface area contributed by atoms with Gasteiger partial charge in [-0.1, -0.05) is 25.1 Å². The van der Waals surface area contributed by atoms with Crippen LogP contribution in [0.2, 0.25) is 0 Å². The third-order valence-corrected chi connectivity index (χ3v) is 6.24. The number of benzene rings is 2. The summed E-state index contributed by atoms with van der Waals surface area (Å²) in [5.74, 6) is 0.514. The highest BCUT2D eigenvalue weighted by atomic mass is 16.5. The summed E-state index contributed by atoms with van der Waals surface area (Å²) in [6, 6.07) is 14.6. The second-order valence-corrected chi connectivity index (χ2v) is 9.25. The summed E-state index contributed by atoms with van der Waals surface area (Å²) in [6.45, 7) is 4.50. The SMILES string of the molecule is C[C@H](CO)N1C[C@H](C)[C@@H](CN(C)C(=O)Nc2ccccc2)Oc2ccc(N(C)C)cc2CC1=O. The third-order valence-electron chi connectivity index (χ3n) is 6.24. The summed E-state index contributed by atoms with van der Waals surface area (Å²) in [7, 11) is 5.63. The van der Waals surface area contributed by atoms with Crippen LogP contribution in [0.1, 0.15) is 19.4 Å². The highest BCUT2D eigenvalue weighted by molar-refractivity contribution is 5.89. The largest absolute Gasteiger partial charge is 0.488 e. The standard InChI is InChI=1S/C26H36N4O4/c1-18-15-30(19(2)17-31)25(32)14-20-13-22(28(3)4)11-12-23(20)34-24(18)16-29(5)26(33)27-21-9-7-6-8-10-21/h6-13,18-19,24,31H,14-17H2,1-5H3,(H,27,33)/t18-,19+,24+/m0/s1. The van der Waals surface area contributed by atoms with E-state index >= 15 is 0 Å². The highest BCUT2D eigenvalue weighted by Gasteiger charge is 2.31. The summed E-state index contributed by atoms with van der Waals surface area (Å²) in [5.41, 5.74) is 2.49. The Labute approximate surface area is 202 Å². The van der Waals surface area contributed by atoms with Gasteiger partial charge in [0.1, 0.15) is 11.9 Å². The lowest BCUT2D eigenvalue weighted by atomic mass is 10.0. The van der Waals surface area contributed by atoms with Crippen molar-refractivity contribution in [1.29, 1.82) is 0 Å². The normalized spacial score (nSPS) is 19.1. The molecule has 1 heterocycles. The second kappa shape index (κ2) is 11.2. The van der Waals surface area contributed by atoms with Crippen LogP contribution in [-0.2, 0) is 11.2 Å². The van der Waals surface area contributed by atoms with Crippen LogP contribution >= 0.6 is 0 Å². The molecule has 3 amide bonds. The number of ether oxygens (including phenoxy) is 1. The van der Waals surface area contributed by atoms with Crippen LogP contribution < -0.4 is 15.0 Å². The topological polar surface area (TPSA) is 85.3 Å². The van der Waals surface area contributed by atoms with Gasteiger partial charge in [-0.15, -0.1) is 0 Å². The van der Waals surface area contributed by atoms with E-state index in [4.69, 9.17) is 4.74 Å². The van der Waals surface area contributed by atoms with Gasteiger partial charge in [0.05, 0.1) is 25.6 Å². The number of nitrogens with one attached hydrogen (secondary N) is 1. The number of aliphatic hydroxyl groups is 1. The van der Waals surface area contributed by atoms with Crippen molar-refractivity contribution in [3.8, 4) is 5.75 Å². The van der Waals surface area contributed by atoms with Crippen LogP contribution in [0.5, 0.6) is 5.75 Å². The molecule has 1 aliphatic heterocycles. The summed E-state index contributed by atoms with van der Waals surface area (Å²) in [5, 5.41) is 12.7. The Balaban J connectivity index is 1.88. The van der Waals surface area contributed by atoms with E-state index in [1.54, 1.807) is 16.8 Å². The van der Waals surface area contributed by atoms with Crippen molar-refractivity contribution < 1.29 is 19.4 Å². The first-order valence-corrected chi connectivity index (χ1v) is 11.6.